The topological polar surface area (TPSA) is 49.3 Å². The highest BCUT2D eigenvalue weighted by molar-refractivity contribution is 5.81. The van der Waals surface area contributed by atoms with Crippen LogP contribution in [0.1, 0.15) is 24.1 Å². The van der Waals surface area contributed by atoms with Crippen LogP contribution < -0.4 is 18.9 Å². The van der Waals surface area contributed by atoms with Crippen LogP contribution in [-0.2, 0) is 0 Å². The highest BCUT2D eigenvalue weighted by Gasteiger charge is 2.22. The molecule has 1 aliphatic heterocycles. The molecule has 2 aromatic carbocycles. The van der Waals surface area contributed by atoms with E-state index in [9.17, 15) is 0 Å². The second-order valence-corrected chi connectivity index (χ2v) is 6.12. The van der Waals surface area contributed by atoms with Gasteiger partial charge in [0.05, 0.1) is 27.9 Å². The van der Waals surface area contributed by atoms with Crippen LogP contribution in [0.3, 0.4) is 0 Å². The number of ether oxygens (including phenoxy) is 4. The Labute approximate surface area is 165 Å². The van der Waals surface area contributed by atoms with E-state index in [0.717, 1.165) is 22.4 Å². The van der Waals surface area contributed by atoms with Gasteiger partial charge in [-0.3, -0.25) is 4.99 Å². The van der Waals surface area contributed by atoms with Crippen molar-refractivity contribution in [1.29, 1.82) is 0 Å². The molecule has 3 rings (SSSR count). The molecule has 0 aromatic heterocycles. The zero-order valence-electron chi connectivity index (χ0n) is 16.6. The summed E-state index contributed by atoms with van der Waals surface area (Å²) in [7, 11) is 4.82. The molecule has 0 amide bonds. The molecule has 0 aliphatic carbocycles. The van der Waals surface area contributed by atoms with Gasteiger partial charge in [-0.15, -0.1) is 0 Å². The second-order valence-electron chi connectivity index (χ2n) is 6.12. The zero-order valence-corrected chi connectivity index (χ0v) is 16.6. The third-order valence-electron chi connectivity index (χ3n) is 4.50. The average molecular weight is 379 g/mol. The predicted molar refractivity (Wildman–Crippen MR) is 112 cm³/mol. The first-order chi connectivity index (χ1) is 13.7. The SMILES string of the molecule is CCOc1ccc(C2=CC=CC=NC2c2cc(OC)c(OC)c(OC)c2)cc1. The van der Waals surface area contributed by atoms with Crippen LogP contribution in [0.5, 0.6) is 23.0 Å². The van der Waals surface area contributed by atoms with E-state index in [0.29, 0.717) is 23.9 Å². The van der Waals surface area contributed by atoms with Crippen molar-refractivity contribution < 1.29 is 18.9 Å². The monoisotopic (exact) mass is 379 g/mol. The lowest BCUT2D eigenvalue weighted by Gasteiger charge is -2.20. The van der Waals surface area contributed by atoms with E-state index in [1.807, 2.05) is 49.6 Å². The van der Waals surface area contributed by atoms with Crippen LogP contribution in [0, 0.1) is 0 Å². The van der Waals surface area contributed by atoms with Crippen LogP contribution in [0.2, 0.25) is 0 Å². The standard InChI is InChI=1S/C23H25NO4/c1-5-28-18-11-9-16(10-12-18)19-8-6-7-13-24-22(19)17-14-20(25-2)23(27-4)21(15-17)26-3/h6-15,22H,5H2,1-4H3. The van der Waals surface area contributed by atoms with Crippen molar-refractivity contribution in [2.75, 3.05) is 27.9 Å². The van der Waals surface area contributed by atoms with Gasteiger partial charge >= 0.3 is 0 Å². The lowest BCUT2D eigenvalue weighted by atomic mass is 9.92. The molecule has 0 saturated heterocycles. The summed E-state index contributed by atoms with van der Waals surface area (Å²) < 4.78 is 22.0. The number of rotatable bonds is 7. The molecule has 0 bridgehead atoms. The van der Waals surface area contributed by atoms with Crippen molar-refractivity contribution in [3.63, 3.8) is 0 Å². The van der Waals surface area contributed by atoms with Crippen LogP contribution in [0.4, 0.5) is 0 Å². The van der Waals surface area contributed by atoms with Crippen molar-refractivity contribution in [3.05, 3.63) is 65.8 Å². The molecule has 2 aromatic rings. The Balaban J connectivity index is 2.06. The third kappa shape index (κ3) is 4.03. The third-order valence-corrected chi connectivity index (χ3v) is 4.50. The van der Waals surface area contributed by atoms with Crippen molar-refractivity contribution in [2.45, 2.75) is 13.0 Å². The highest BCUT2D eigenvalue weighted by atomic mass is 16.5. The molecule has 0 N–H and O–H groups in total. The van der Waals surface area contributed by atoms with Gasteiger partial charge in [-0.2, -0.15) is 0 Å². The first kappa shape index (κ1) is 19.5. The number of hydrogen-bond acceptors (Lipinski definition) is 5. The molecule has 1 aliphatic rings. The lowest BCUT2D eigenvalue weighted by molar-refractivity contribution is 0.323. The van der Waals surface area contributed by atoms with Crippen LogP contribution >= 0.6 is 0 Å². The summed E-state index contributed by atoms with van der Waals surface area (Å²) in [6.45, 7) is 2.62. The number of aliphatic imine (C=N–C) groups is 1. The summed E-state index contributed by atoms with van der Waals surface area (Å²) in [6, 6.07) is 11.7. The van der Waals surface area contributed by atoms with Crippen molar-refractivity contribution >= 4 is 11.8 Å². The van der Waals surface area contributed by atoms with E-state index < -0.39 is 0 Å². The smallest absolute Gasteiger partial charge is 0.203 e. The zero-order chi connectivity index (χ0) is 19.9. The summed E-state index contributed by atoms with van der Waals surface area (Å²) >= 11 is 0. The van der Waals surface area contributed by atoms with Crippen molar-refractivity contribution in [1.82, 2.24) is 0 Å². The van der Waals surface area contributed by atoms with E-state index in [1.54, 1.807) is 21.3 Å². The Bertz CT molecular complexity index is 872. The molecule has 146 valence electrons. The fraction of sp³-hybridized carbons (Fsp3) is 0.261. The Kier molecular flexibility index (Phi) is 6.37. The summed E-state index contributed by atoms with van der Waals surface area (Å²) in [5.41, 5.74) is 3.10. The largest absolute Gasteiger partial charge is 0.494 e. The van der Waals surface area contributed by atoms with E-state index in [2.05, 4.69) is 18.2 Å². The summed E-state index contributed by atoms with van der Waals surface area (Å²) in [6.07, 6.45) is 7.81. The molecule has 0 saturated carbocycles. The molecule has 0 fully saturated rings. The normalized spacial score (nSPS) is 15.6. The minimum Gasteiger partial charge on any atom is -0.494 e. The molecule has 5 nitrogen and oxygen atoms in total. The Morgan fingerprint density at radius 1 is 0.893 bits per heavy atom. The molecule has 0 spiro atoms. The predicted octanol–water partition coefficient (Wildman–Crippen LogP) is 4.88. The van der Waals surface area contributed by atoms with Gasteiger partial charge in [-0.05, 0) is 54.0 Å². The quantitative estimate of drug-likeness (QED) is 0.688. The fourth-order valence-corrected chi connectivity index (χ4v) is 3.21. The van der Waals surface area contributed by atoms with Gasteiger partial charge in [0.15, 0.2) is 11.5 Å². The maximum atomic E-state index is 5.56. The van der Waals surface area contributed by atoms with E-state index in [4.69, 9.17) is 23.9 Å². The van der Waals surface area contributed by atoms with Gasteiger partial charge in [0.2, 0.25) is 5.75 Å². The molecule has 0 radical (unpaired) electrons. The summed E-state index contributed by atoms with van der Waals surface area (Å²) in [4.78, 5) is 4.75. The lowest BCUT2D eigenvalue weighted by Crippen LogP contribution is -2.03. The van der Waals surface area contributed by atoms with Crippen LogP contribution in [0.15, 0.2) is 59.6 Å². The average Bonchev–Trinajstić information content (AvgIpc) is 2.99. The Morgan fingerprint density at radius 3 is 2.14 bits per heavy atom. The van der Waals surface area contributed by atoms with Gasteiger partial charge in [-0.1, -0.05) is 24.3 Å². The fourth-order valence-electron chi connectivity index (χ4n) is 3.21. The second kappa shape index (κ2) is 9.13. The van der Waals surface area contributed by atoms with Gasteiger partial charge < -0.3 is 18.9 Å². The maximum absolute atomic E-state index is 5.56. The number of allylic oxidation sites excluding steroid dienone is 3. The van der Waals surface area contributed by atoms with Gasteiger partial charge in [0.1, 0.15) is 11.8 Å². The molecule has 5 heteroatoms. The maximum Gasteiger partial charge on any atom is 0.203 e. The summed E-state index contributed by atoms with van der Waals surface area (Å²) in [5, 5.41) is 0. The van der Waals surface area contributed by atoms with Gasteiger partial charge in [0, 0.05) is 6.21 Å². The Morgan fingerprint density at radius 2 is 1.57 bits per heavy atom. The molecule has 1 atom stereocenters. The molecule has 28 heavy (non-hydrogen) atoms. The summed E-state index contributed by atoms with van der Waals surface area (Å²) in [5.74, 6) is 2.63. The van der Waals surface area contributed by atoms with Crippen LogP contribution in [-0.4, -0.2) is 34.2 Å². The van der Waals surface area contributed by atoms with Crippen LogP contribution in [0.25, 0.3) is 5.57 Å². The minimum atomic E-state index is -0.207. The van der Waals surface area contributed by atoms with E-state index >= 15 is 0 Å². The molecule has 1 heterocycles. The minimum absolute atomic E-state index is 0.207. The van der Waals surface area contributed by atoms with E-state index in [1.165, 1.54) is 0 Å². The number of benzene rings is 2. The molecular weight excluding hydrogens is 354 g/mol. The number of hydrogen-bond donors (Lipinski definition) is 0. The van der Waals surface area contributed by atoms with Crippen molar-refractivity contribution in [2.24, 2.45) is 4.99 Å². The molecule has 1 unspecified atom stereocenters. The van der Waals surface area contributed by atoms with E-state index in [-0.39, 0.29) is 6.04 Å². The van der Waals surface area contributed by atoms with Gasteiger partial charge in [0.25, 0.3) is 0 Å². The highest BCUT2D eigenvalue weighted by Crippen LogP contribution is 2.43. The van der Waals surface area contributed by atoms with Crippen molar-refractivity contribution in [3.8, 4) is 23.0 Å². The number of nitrogens with zero attached hydrogens (tertiary/aromatic N) is 1. The molecular formula is C23H25NO4. The Hall–Kier alpha value is -3.21. The first-order valence-electron chi connectivity index (χ1n) is 9.15. The number of methoxy groups -OCH3 is 3. The first-order valence-corrected chi connectivity index (χ1v) is 9.15. The van der Waals surface area contributed by atoms with Gasteiger partial charge in [-0.25, -0.2) is 0 Å².